The summed E-state index contributed by atoms with van der Waals surface area (Å²) in [6.07, 6.45) is 6.31. The summed E-state index contributed by atoms with van der Waals surface area (Å²) in [5.41, 5.74) is 1.65. The third-order valence-corrected chi connectivity index (χ3v) is 4.04. The van der Waals surface area contributed by atoms with E-state index in [0.29, 0.717) is 23.5 Å². The van der Waals surface area contributed by atoms with E-state index in [1.54, 1.807) is 12.3 Å². The highest BCUT2D eigenvalue weighted by molar-refractivity contribution is 6.03. The van der Waals surface area contributed by atoms with E-state index in [2.05, 4.69) is 20.5 Å². The fourth-order valence-corrected chi connectivity index (χ4v) is 2.59. The lowest BCUT2D eigenvalue weighted by atomic mass is 10.2. The van der Waals surface area contributed by atoms with Gasteiger partial charge in [0, 0.05) is 29.4 Å². The van der Waals surface area contributed by atoms with Gasteiger partial charge in [0.25, 0.3) is 5.91 Å². The van der Waals surface area contributed by atoms with Gasteiger partial charge in [-0.15, -0.1) is 10.2 Å². The number of carbonyl (C=O) groups excluding carboxylic acids is 1. The van der Waals surface area contributed by atoms with E-state index in [1.165, 1.54) is 12.8 Å². The Bertz CT molecular complexity index is 700. The minimum Gasteiger partial charge on any atom is -0.294 e. The van der Waals surface area contributed by atoms with E-state index >= 15 is 0 Å². The lowest BCUT2D eigenvalue weighted by Crippen LogP contribution is -2.16. The second kappa shape index (κ2) is 4.65. The summed E-state index contributed by atoms with van der Waals surface area (Å²) in [5, 5.41) is 11.0. The number of carbonyl (C=O) groups is 1. The maximum absolute atomic E-state index is 12.4. The second-order valence-electron chi connectivity index (χ2n) is 5.87. The zero-order valence-corrected chi connectivity index (χ0v) is 11.9. The van der Waals surface area contributed by atoms with Crippen molar-refractivity contribution in [3.63, 3.8) is 0 Å². The zero-order valence-electron chi connectivity index (χ0n) is 11.9. The number of hydrogen-bond acceptors (Lipinski definition) is 4. The quantitative estimate of drug-likeness (QED) is 0.935. The zero-order chi connectivity index (χ0) is 14.4. The predicted octanol–water partition coefficient (Wildman–Crippen LogP) is 2.45. The molecule has 0 aliphatic heterocycles. The van der Waals surface area contributed by atoms with Crippen LogP contribution in [0.4, 0.5) is 5.95 Å². The van der Waals surface area contributed by atoms with Crippen molar-refractivity contribution in [3.8, 4) is 0 Å². The molecule has 0 atom stereocenters. The third kappa shape index (κ3) is 2.41. The van der Waals surface area contributed by atoms with Crippen LogP contribution in [0.5, 0.6) is 0 Å². The average Bonchev–Trinajstić information content (AvgIpc) is 3.39. The number of aryl methyl sites for hydroxylation is 1. The summed E-state index contributed by atoms with van der Waals surface area (Å²) in [6, 6.07) is 4.07. The van der Waals surface area contributed by atoms with Crippen LogP contribution >= 0.6 is 0 Å². The van der Waals surface area contributed by atoms with Crippen LogP contribution in [0.1, 0.15) is 59.5 Å². The highest BCUT2D eigenvalue weighted by atomic mass is 16.1. The molecule has 2 heterocycles. The molecule has 2 fully saturated rings. The fraction of sp³-hybridized carbons (Fsp3) is 0.467. The molecule has 0 spiro atoms. The minimum absolute atomic E-state index is 0.145. The summed E-state index contributed by atoms with van der Waals surface area (Å²) in [5.74, 6) is 1.79. The number of amides is 1. The van der Waals surface area contributed by atoms with Crippen molar-refractivity contribution >= 4 is 11.9 Å². The number of nitrogens with one attached hydrogen (secondary N) is 1. The van der Waals surface area contributed by atoms with Crippen LogP contribution in [-0.4, -0.2) is 25.7 Å². The highest BCUT2D eigenvalue weighted by Crippen LogP contribution is 2.39. The summed E-state index contributed by atoms with van der Waals surface area (Å²) in [7, 11) is 0. The van der Waals surface area contributed by atoms with E-state index in [4.69, 9.17) is 0 Å². The van der Waals surface area contributed by atoms with Crippen molar-refractivity contribution in [1.29, 1.82) is 0 Å². The molecule has 0 bridgehead atoms. The van der Waals surface area contributed by atoms with E-state index in [-0.39, 0.29) is 5.91 Å². The number of nitrogens with zero attached hydrogens (tertiary/aromatic N) is 4. The molecule has 0 saturated heterocycles. The van der Waals surface area contributed by atoms with Gasteiger partial charge in [-0.1, -0.05) is 0 Å². The molecule has 2 saturated carbocycles. The molecular formula is C15H17N5O. The number of rotatable bonds is 4. The van der Waals surface area contributed by atoms with Crippen LogP contribution in [-0.2, 0) is 0 Å². The van der Waals surface area contributed by atoms with Gasteiger partial charge >= 0.3 is 0 Å². The molecule has 6 heteroatoms. The third-order valence-electron chi connectivity index (χ3n) is 4.04. The smallest absolute Gasteiger partial charge is 0.258 e. The Morgan fingerprint density at radius 2 is 2.10 bits per heavy atom. The molecule has 21 heavy (non-hydrogen) atoms. The van der Waals surface area contributed by atoms with E-state index in [9.17, 15) is 4.79 Å². The molecule has 0 unspecified atom stereocenters. The van der Waals surface area contributed by atoms with Crippen molar-refractivity contribution < 1.29 is 4.79 Å². The van der Waals surface area contributed by atoms with Crippen molar-refractivity contribution in [1.82, 2.24) is 19.7 Å². The fourth-order valence-electron chi connectivity index (χ4n) is 2.59. The van der Waals surface area contributed by atoms with Crippen molar-refractivity contribution in [3.05, 3.63) is 35.4 Å². The maximum atomic E-state index is 12.4. The summed E-state index contributed by atoms with van der Waals surface area (Å²) < 4.78 is 2.01. The van der Waals surface area contributed by atoms with Crippen molar-refractivity contribution in [2.75, 3.05) is 5.32 Å². The standard InChI is InChI=1S/C15H17N5O/c1-9-18-19-15(20(9)12-4-5-12)17-14(21)11-6-7-16-13(8-11)10-2-3-10/h6-8,10,12H,2-5H2,1H3,(H,17,19,21). The minimum atomic E-state index is -0.145. The van der Waals surface area contributed by atoms with Gasteiger partial charge in [-0.3, -0.25) is 19.7 Å². The Kier molecular flexibility index (Phi) is 2.77. The molecule has 2 aromatic rings. The van der Waals surface area contributed by atoms with Crippen molar-refractivity contribution in [2.24, 2.45) is 0 Å². The van der Waals surface area contributed by atoms with Crippen LogP contribution in [0.25, 0.3) is 0 Å². The van der Waals surface area contributed by atoms with E-state index in [0.717, 1.165) is 24.4 Å². The Hall–Kier alpha value is -2.24. The van der Waals surface area contributed by atoms with Gasteiger partial charge < -0.3 is 0 Å². The molecule has 4 rings (SSSR count). The van der Waals surface area contributed by atoms with Crippen LogP contribution in [0, 0.1) is 6.92 Å². The Morgan fingerprint density at radius 3 is 2.81 bits per heavy atom. The SMILES string of the molecule is Cc1nnc(NC(=O)c2ccnc(C3CC3)c2)n1C1CC1. The number of anilines is 1. The van der Waals surface area contributed by atoms with Gasteiger partial charge in [0.05, 0.1) is 0 Å². The van der Waals surface area contributed by atoms with E-state index < -0.39 is 0 Å². The first-order chi connectivity index (χ1) is 10.2. The van der Waals surface area contributed by atoms with Crippen LogP contribution in [0.2, 0.25) is 0 Å². The predicted molar refractivity (Wildman–Crippen MR) is 77.2 cm³/mol. The Morgan fingerprint density at radius 1 is 1.29 bits per heavy atom. The molecule has 1 amide bonds. The van der Waals surface area contributed by atoms with E-state index in [1.807, 2.05) is 17.6 Å². The van der Waals surface area contributed by atoms with Gasteiger partial charge in [-0.2, -0.15) is 0 Å². The molecule has 0 aromatic carbocycles. The van der Waals surface area contributed by atoms with Gasteiger partial charge in [-0.25, -0.2) is 0 Å². The molecule has 2 aliphatic carbocycles. The summed E-state index contributed by atoms with van der Waals surface area (Å²) in [6.45, 7) is 1.92. The van der Waals surface area contributed by atoms with Gasteiger partial charge in [0.15, 0.2) is 0 Å². The second-order valence-corrected chi connectivity index (χ2v) is 5.87. The first-order valence-electron chi connectivity index (χ1n) is 7.41. The molecule has 108 valence electrons. The Balaban J connectivity index is 1.56. The first kappa shape index (κ1) is 12.5. The summed E-state index contributed by atoms with van der Waals surface area (Å²) in [4.78, 5) is 16.7. The molecule has 2 aliphatic rings. The van der Waals surface area contributed by atoms with Gasteiger partial charge in [0.1, 0.15) is 5.82 Å². The molecule has 6 nitrogen and oxygen atoms in total. The highest BCUT2D eigenvalue weighted by Gasteiger charge is 2.29. The number of aromatic nitrogens is 4. The Labute approximate surface area is 122 Å². The van der Waals surface area contributed by atoms with Crippen LogP contribution in [0.3, 0.4) is 0 Å². The molecule has 1 N–H and O–H groups in total. The maximum Gasteiger partial charge on any atom is 0.258 e. The summed E-state index contributed by atoms with van der Waals surface area (Å²) >= 11 is 0. The van der Waals surface area contributed by atoms with Crippen LogP contribution in [0.15, 0.2) is 18.3 Å². The molecule has 0 radical (unpaired) electrons. The lowest BCUT2D eigenvalue weighted by molar-refractivity contribution is 0.102. The molecule has 2 aromatic heterocycles. The average molecular weight is 283 g/mol. The van der Waals surface area contributed by atoms with Crippen LogP contribution < -0.4 is 5.32 Å². The number of hydrogen-bond donors (Lipinski definition) is 1. The largest absolute Gasteiger partial charge is 0.294 e. The normalized spacial score (nSPS) is 17.8. The topological polar surface area (TPSA) is 72.7 Å². The first-order valence-corrected chi connectivity index (χ1v) is 7.41. The molecular weight excluding hydrogens is 266 g/mol. The number of pyridine rings is 1. The van der Waals surface area contributed by atoms with Crippen molar-refractivity contribution in [2.45, 2.75) is 44.6 Å². The van der Waals surface area contributed by atoms with Gasteiger partial charge in [0.2, 0.25) is 5.95 Å². The lowest BCUT2D eigenvalue weighted by Gasteiger charge is -2.08. The monoisotopic (exact) mass is 283 g/mol. The van der Waals surface area contributed by atoms with Gasteiger partial charge in [-0.05, 0) is 44.7 Å².